The zero-order valence-electron chi connectivity index (χ0n) is 13.7. The molecule has 6 heteroatoms. The Morgan fingerprint density at radius 1 is 1.43 bits per heavy atom. The highest BCUT2D eigenvalue weighted by Crippen LogP contribution is 2.18. The fraction of sp³-hybridized carbons (Fsp3) is 0.529. The number of ether oxygens (including phenoxy) is 1. The normalized spacial score (nSPS) is 18.7. The van der Waals surface area contributed by atoms with Gasteiger partial charge in [-0.3, -0.25) is 9.79 Å². The molecular formula is C17H24FN3O2. The van der Waals surface area contributed by atoms with E-state index in [0.29, 0.717) is 19.7 Å². The van der Waals surface area contributed by atoms with Gasteiger partial charge in [-0.05, 0) is 37.5 Å². The molecule has 0 aromatic heterocycles. The van der Waals surface area contributed by atoms with Crippen molar-refractivity contribution in [3.05, 3.63) is 35.6 Å². The van der Waals surface area contributed by atoms with E-state index < -0.39 is 0 Å². The summed E-state index contributed by atoms with van der Waals surface area (Å²) in [4.78, 5) is 18.3. The quantitative estimate of drug-likeness (QED) is 0.525. The summed E-state index contributed by atoms with van der Waals surface area (Å²) in [7, 11) is 1.72. The zero-order valence-corrected chi connectivity index (χ0v) is 13.7. The number of aliphatic imine (C=N–C) groups is 1. The minimum absolute atomic E-state index is 0.104. The lowest BCUT2D eigenvalue weighted by Crippen LogP contribution is -2.48. The van der Waals surface area contributed by atoms with E-state index in [1.165, 1.54) is 12.1 Å². The molecule has 1 aromatic rings. The summed E-state index contributed by atoms with van der Waals surface area (Å²) in [6.07, 6.45) is 1.78. The molecule has 5 nitrogen and oxygen atoms in total. The van der Waals surface area contributed by atoms with Crippen LogP contribution < -0.4 is 5.32 Å². The van der Waals surface area contributed by atoms with Gasteiger partial charge in [0.1, 0.15) is 5.82 Å². The Bertz CT molecular complexity index is 545. The highest BCUT2D eigenvalue weighted by atomic mass is 19.1. The van der Waals surface area contributed by atoms with E-state index in [-0.39, 0.29) is 17.7 Å². The Hall–Kier alpha value is -2.11. The monoisotopic (exact) mass is 321 g/mol. The lowest BCUT2D eigenvalue weighted by atomic mass is 9.98. The predicted molar refractivity (Wildman–Crippen MR) is 87.5 cm³/mol. The van der Waals surface area contributed by atoms with Gasteiger partial charge in [-0.15, -0.1) is 0 Å². The van der Waals surface area contributed by atoms with Crippen LogP contribution in [-0.4, -0.2) is 43.6 Å². The second-order valence-corrected chi connectivity index (χ2v) is 5.56. The van der Waals surface area contributed by atoms with Crippen molar-refractivity contribution in [3.63, 3.8) is 0 Å². The van der Waals surface area contributed by atoms with Gasteiger partial charge < -0.3 is 15.0 Å². The number of hydrogen-bond acceptors (Lipinski definition) is 3. The molecule has 0 spiro atoms. The lowest BCUT2D eigenvalue weighted by Gasteiger charge is -2.34. The van der Waals surface area contributed by atoms with E-state index in [1.807, 2.05) is 6.92 Å². The fourth-order valence-electron chi connectivity index (χ4n) is 2.74. The van der Waals surface area contributed by atoms with Gasteiger partial charge in [0.25, 0.3) is 0 Å². The van der Waals surface area contributed by atoms with Crippen LogP contribution in [0, 0.1) is 11.7 Å². The Morgan fingerprint density at radius 3 is 2.83 bits per heavy atom. The third kappa shape index (κ3) is 4.94. The summed E-state index contributed by atoms with van der Waals surface area (Å²) in [5.41, 5.74) is 0.978. The van der Waals surface area contributed by atoms with Crippen molar-refractivity contribution in [2.24, 2.45) is 10.9 Å². The van der Waals surface area contributed by atoms with E-state index in [4.69, 9.17) is 4.74 Å². The van der Waals surface area contributed by atoms with Crippen LogP contribution in [0.3, 0.4) is 0 Å². The molecule has 1 atom stereocenters. The number of halogens is 1. The number of nitrogens with zero attached hydrogens (tertiary/aromatic N) is 2. The average molecular weight is 321 g/mol. The maximum atomic E-state index is 12.9. The van der Waals surface area contributed by atoms with Crippen LogP contribution in [0.4, 0.5) is 4.39 Å². The van der Waals surface area contributed by atoms with Crippen molar-refractivity contribution >= 4 is 11.9 Å². The van der Waals surface area contributed by atoms with Gasteiger partial charge in [0.05, 0.1) is 12.5 Å². The molecule has 0 aliphatic carbocycles. The van der Waals surface area contributed by atoms with Gasteiger partial charge in [0.15, 0.2) is 5.96 Å². The van der Waals surface area contributed by atoms with E-state index in [2.05, 4.69) is 15.2 Å². The molecule has 23 heavy (non-hydrogen) atoms. The van der Waals surface area contributed by atoms with E-state index in [9.17, 15) is 9.18 Å². The molecule has 1 saturated heterocycles. The average Bonchev–Trinajstić information content (AvgIpc) is 2.57. The molecule has 1 fully saturated rings. The first-order valence-electron chi connectivity index (χ1n) is 8.00. The van der Waals surface area contributed by atoms with Gasteiger partial charge in [-0.1, -0.05) is 12.1 Å². The van der Waals surface area contributed by atoms with Gasteiger partial charge in [-0.2, -0.15) is 0 Å². The highest BCUT2D eigenvalue weighted by Gasteiger charge is 2.28. The maximum absolute atomic E-state index is 12.9. The Morgan fingerprint density at radius 2 is 2.17 bits per heavy atom. The minimum atomic E-state index is -0.244. The number of benzene rings is 1. The Kier molecular flexibility index (Phi) is 6.38. The van der Waals surface area contributed by atoms with Crippen LogP contribution in [0.2, 0.25) is 0 Å². The molecule has 1 aliphatic rings. The van der Waals surface area contributed by atoms with Crippen LogP contribution in [0.5, 0.6) is 0 Å². The number of likely N-dealkylation sites (tertiary alicyclic amines) is 1. The van der Waals surface area contributed by atoms with Crippen molar-refractivity contribution < 1.29 is 13.9 Å². The first-order chi connectivity index (χ1) is 11.1. The van der Waals surface area contributed by atoms with Crippen LogP contribution in [0.25, 0.3) is 0 Å². The Balaban J connectivity index is 1.92. The number of carbonyl (C=O) groups excluding carboxylic acids is 1. The van der Waals surface area contributed by atoms with Gasteiger partial charge in [-0.25, -0.2) is 4.39 Å². The molecule has 1 aliphatic heterocycles. The number of carbonyl (C=O) groups is 1. The maximum Gasteiger partial charge on any atom is 0.310 e. The second-order valence-electron chi connectivity index (χ2n) is 5.56. The van der Waals surface area contributed by atoms with Crippen LogP contribution >= 0.6 is 0 Å². The minimum Gasteiger partial charge on any atom is -0.466 e. The summed E-state index contributed by atoms with van der Waals surface area (Å²) in [5.74, 6) is 0.272. The van der Waals surface area contributed by atoms with Crippen molar-refractivity contribution in [2.75, 3.05) is 26.7 Å². The molecule has 0 radical (unpaired) electrons. The predicted octanol–water partition coefficient (Wildman–Crippen LogP) is 2.18. The first kappa shape index (κ1) is 17.2. The standard InChI is InChI=1S/C17H24FN3O2/c1-3-23-16(22)14-5-4-10-21(12-14)17(19-2)20-11-13-6-8-15(18)9-7-13/h6-9,14H,3-5,10-12H2,1-2H3,(H,19,20). The van der Waals surface area contributed by atoms with Gasteiger partial charge in [0.2, 0.25) is 0 Å². The van der Waals surface area contributed by atoms with Crippen molar-refractivity contribution in [3.8, 4) is 0 Å². The smallest absolute Gasteiger partial charge is 0.310 e. The van der Waals surface area contributed by atoms with E-state index in [1.54, 1.807) is 19.2 Å². The zero-order chi connectivity index (χ0) is 16.7. The summed E-state index contributed by atoms with van der Waals surface area (Å²) >= 11 is 0. The van der Waals surface area contributed by atoms with Crippen molar-refractivity contribution in [1.82, 2.24) is 10.2 Å². The molecule has 1 unspecified atom stereocenters. The van der Waals surface area contributed by atoms with Crippen molar-refractivity contribution in [1.29, 1.82) is 0 Å². The van der Waals surface area contributed by atoms with Gasteiger partial charge in [0, 0.05) is 26.7 Å². The summed E-state index contributed by atoms with van der Waals surface area (Å²) in [6.45, 7) is 4.27. The second kappa shape index (κ2) is 8.50. The number of hydrogen-bond donors (Lipinski definition) is 1. The number of piperidine rings is 1. The molecular weight excluding hydrogens is 297 g/mol. The molecule has 0 bridgehead atoms. The first-order valence-corrected chi connectivity index (χ1v) is 8.00. The fourth-order valence-corrected chi connectivity index (χ4v) is 2.74. The molecule has 1 N–H and O–H groups in total. The third-order valence-electron chi connectivity index (χ3n) is 3.92. The number of guanidine groups is 1. The number of esters is 1. The van der Waals surface area contributed by atoms with E-state index in [0.717, 1.165) is 30.9 Å². The molecule has 1 heterocycles. The van der Waals surface area contributed by atoms with Crippen LogP contribution in [-0.2, 0) is 16.1 Å². The molecule has 0 amide bonds. The SMILES string of the molecule is CCOC(=O)C1CCCN(C(=NC)NCc2ccc(F)cc2)C1. The van der Waals surface area contributed by atoms with Crippen LogP contribution in [0.1, 0.15) is 25.3 Å². The van der Waals surface area contributed by atoms with E-state index >= 15 is 0 Å². The molecule has 2 rings (SSSR count). The third-order valence-corrected chi connectivity index (χ3v) is 3.92. The molecule has 0 saturated carbocycles. The molecule has 1 aromatic carbocycles. The van der Waals surface area contributed by atoms with Crippen LogP contribution in [0.15, 0.2) is 29.3 Å². The highest BCUT2D eigenvalue weighted by molar-refractivity contribution is 5.81. The van der Waals surface area contributed by atoms with Gasteiger partial charge >= 0.3 is 5.97 Å². The summed E-state index contributed by atoms with van der Waals surface area (Å²) < 4.78 is 18.1. The topological polar surface area (TPSA) is 53.9 Å². The Labute approximate surface area is 136 Å². The molecule has 126 valence electrons. The number of rotatable bonds is 4. The summed E-state index contributed by atoms with van der Waals surface area (Å²) in [5, 5.41) is 3.27. The number of nitrogens with one attached hydrogen (secondary N) is 1. The largest absolute Gasteiger partial charge is 0.466 e. The van der Waals surface area contributed by atoms with Crippen molar-refractivity contribution in [2.45, 2.75) is 26.3 Å². The summed E-state index contributed by atoms with van der Waals surface area (Å²) in [6, 6.07) is 6.37. The lowest BCUT2D eigenvalue weighted by molar-refractivity contribution is -0.149.